The molecule has 0 radical (unpaired) electrons. The van der Waals surface area contributed by atoms with Gasteiger partial charge in [0.2, 0.25) is 0 Å². The molecule has 5 heteroatoms. The van der Waals surface area contributed by atoms with Gasteiger partial charge in [-0.05, 0) is 85.5 Å². The van der Waals surface area contributed by atoms with E-state index in [2.05, 4.69) is 0 Å². The number of benzene rings is 4. The first kappa shape index (κ1) is 26.0. The van der Waals surface area contributed by atoms with Gasteiger partial charge < -0.3 is 14.6 Å². The summed E-state index contributed by atoms with van der Waals surface area (Å²) in [5, 5.41) is 14.6. The first-order valence-electron chi connectivity index (χ1n) is 12.5. The highest BCUT2D eigenvalue weighted by molar-refractivity contribution is 6.10. The highest BCUT2D eigenvalue weighted by Gasteiger charge is 2.26. The van der Waals surface area contributed by atoms with Crippen LogP contribution in [-0.4, -0.2) is 23.1 Å². The van der Waals surface area contributed by atoms with Gasteiger partial charge in [0.25, 0.3) is 0 Å². The quantitative estimate of drug-likeness (QED) is 0.168. The SMILES string of the molecule is CC[C@H](C)OC(=O)/C=C/c1ccc2c(-c3c(OC(=O)C(C)(C)C)ccc4ccccc34)c(O)ccc2c1. The Morgan fingerprint density at radius 1 is 0.919 bits per heavy atom. The van der Waals surface area contributed by atoms with Crippen LogP contribution in [0.15, 0.2) is 72.8 Å². The van der Waals surface area contributed by atoms with E-state index in [1.165, 1.54) is 6.08 Å². The lowest BCUT2D eigenvalue weighted by atomic mass is 9.91. The molecule has 0 saturated carbocycles. The number of esters is 2. The topological polar surface area (TPSA) is 72.8 Å². The third-order valence-electron chi connectivity index (χ3n) is 6.28. The van der Waals surface area contributed by atoms with Crippen molar-refractivity contribution in [3.63, 3.8) is 0 Å². The standard InChI is InChI=1S/C32H32O5/c1-6-20(2)36-28(34)18-12-21-11-15-25-23(19-21)13-16-26(33)29(25)30-24-10-8-7-9-22(24)14-17-27(30)37-31(35)32(3,4)5/h7-20,33H,6H2,1-5H3/b18-12+/t20-/m0/s1. The number of phenolic OH excluding ortho intramolecular Hbond substituents is 1. The van der Waals surface area contributed by atoms with E-state index in [9.17, 15) is 14.7 Å². The number of hydrogen-bond donors (Lipinski definition) is 1. The summed E-state index contributed by atoms with van der Waals surface area (Å²) in [7, 11) is 0. The molecule has 0 bridgehead atoms. The number of rotatable bonds is 6. The van der Waals surface area contributed by atoms with Gasteiger partial charge in [-0.1, -0.05) is 55.5 Å². The zero-order chi connectivity index (χ0) is 26.7. The fourth-order valence-electron chi connectivity index (χ4n) is 4.04. The van der Waals surface area contributed by atoms with Crippen molar-refractivity contribution in [2.24, 2.45) is 5.41 Å². The molecule has 0 aliphatic heterocycles. The predicted octanol–water partition coefficient (Wildman–Crippen LogP) is 7.67. The van der Waals surface area contributed by atoms with E-state index in [4.69, 9.17) is 9.47 Å². The van der Waals surface area contributed by atoms with Crippen LogP contribution in [-0.2, 0) is 14.3 Å². The fraction of sp³-hybridized carbons (Fsp3) is 0.250. The van der Waals surface area contributed by atoms with E-state index in [1.807, 2.05) is 68.4 Å². The summed E-state index contributed by atoms with van der Waals surface area (Å²) in [4.78, 5) is 24.9. The number of fused-ring (bicyclic) bond motifs is 2. The second-order valence-electron chi connectivity index (χ2n) is 10.2. The van der Waals surface area contributed by atoms with Gasteiger partial charge in [-0.15, -0.1) is 0 Å². The molecule has 0 aliphatic carbocycles. The van der Waals surface area contributed by atoms with E-state index in [1.54, 1.807) is 39.0 Å². The lowest BCUT2D eigenvalue weighted by molar-refractivity contribution is -0.143. The molecule has 0 amide bonds. The molecule has 0 fully saturated rings. The minimum atomic E-state index is -0.693. The second-order valence-corrected chi connectivity index (χ2v) is 10.2. The van der Waals surface area contributed by atoms with Gasteiger partial charge in [0, 0.05) is 17.2 Å². The molecule has 0 unspecified atom stereocenters. The summed E-state index contributed by atoms with van der Waals surface area (Å²) in [5.41, 5.74) is 1.36. The molecule has 0 aliphatic rings. The molecule has 0 heterocycles. The average Bonchev–Trinajstić information content (AvgIpc) is 2.87. The molecule has 190 valence electrons. The van der Waals surface area contributed by atoms with Crippen LogP contribution in [0.25, 0.3) is 38.7 Å². The van der Waals surface area contributed by atoms with E-state index >= 15 is 0 Å². The van der Waals surface area contributed by atoms with E-state index in [0.29, 0.717) is 16.9 Å². The van der Waals surface area contributed by atoms with Gasteiger partial charge in [0.05, 0.1) is 11.5 Å². The van der Waals surface area contributed by atoms with Crippen molar-refractivity contribution in [1.29, 1.82) is 0 Å². The Bertz CT molecular complexity index is 1510. The number of carbonyl (C=O) groups excluding carboxylic acids is 2. The minimum absolute atomic E-state index is 0.0809. The average molecular weight is 497 g/mol. The normalized spacial score (nSPS) is 12.7. The van der Waals surface area contributed by atoms with Crippen LogP contribution in [0.1, 0.15) is 46.6 Å². The van der Waals surface area contributed by atoms with Crippen LogP contribution < -0.4 is 4.74 Å². The Balaban J connectivity index is 1.85. The van der Waals surface area contributed by atoms with Gasteiger partial charge in [-0.3, -0.25) is 4.79 Å². The molecular weight excluding hydrogens is 464 g/mol. The zero-order valence-corrected chi connectivity index (χ0v) is 21.9. The monoisotopic (exact) mass is 496 g/mol. The van der Waals surface area contributed by atoms with Crippen LogP contribution in [0.3, 0.4) is 0 Å². The Labute approximate surface area is 217 Å². The molecule has 5 nitrogen and oxygen atoms in total. The number of carbonyl (C=O) groups is 2. The van der Waals surface area contributed by atoms with Crippen LogP contribution in [0.2, 0.25) is 0 Å². The first-order valence-corrected chi connectivity index (χ1v) is 12.5. The predicted molar refractivity (Wildman–Crippen MR) is 149 cm³/mol. The summed E-state index contributed by atoms with van der Waals surface area (Å²) < 4.78 is 11.2. The van der Waals surface area contributed by atoms with Gasteiger partial charge in [-0.25, -0.2) is 4.79 Å². The Kier molecular flexibility index (Phi) is 7.35. The van der Waals surface area contributed by atoms with E-state index in [-0.39, 0.29) is 23.8 Å². The maximum atomic E-state index is 12.8. The van der Waals surface area contributed by atoms with Crippen molar-refractivity contribution < 1.29 is 24.2 Å². The molecule has 37 heavy (non-hydrogen) atoms. The maximum Gasteiger partial charge on any atom is 0.331 e. The van der Waals surface area contributed by atoms with Crippen molar-refractivity contribution in [3.8, 4) is 22.6 Å². The summed E-state index contributed by atoms with van der Waals surface area (Å²) in [6.45, 7) is 9.23. The largest absolute Gasteiger partial charge is 0.507 e. The van der Waals surface area contributed by atoms with Crippen molar-refractivity contribution in [2.75, 3.05) is 0 Å². The molecule has 4 aromatic rings. The number of aromatic hydroxyl groups is 1. The molecule has 0 spiro atoms. The summed E-state index contributed by atoms with van der Waals surface area (Å²) >= 11 is 0. The maximum absolute atomic E-state index is 12.8. The Morgan fingerprint density at radius 3 is 2.35 bits per heavy atom. The molecule has 0 saturated heterocycles. The van der Waals surface area contributed by atoms with Crippen LogP contribution in [0.5, 0.6) is 11.5 Å². The van der Waals surface area contributed by atoms with Gasteiger partial charge in [0.15, 0.2) is 0 Å². The summed E-state index contributed by atoms with van der Waals surface area (Å²) in [6.07, 6.45) is 3.75. The van der Waals surface area contributed by atoms with Crippen molar-refractivity contribution in [2.45, 2.75) is 47.1 Å². The number of phenols is 1. The van der Waals surface area contributed by atoms with E-state index in [0.717, 1.165) is 33.5 Å². The number of hydrogen-bond acceptors (Lipinski definition) is 5. The second kappa shape index (κ2) is 10.5. The van der Waals surface area contributed by atoms with Gasteiger partial charge >= 0.3 is 11.9 Å². The third-order valence-corrected chi connectivity index (χ3v) is 6.28. The Hall–Kier alpha value is -4.12. The summed E-state index contributed by atoms with van der Waals surface area (Å²) in [5.74, 6) is -0.280. The number of ether oxygens (including phenoxy) is 2. The summed E-state index contributed by atoms with van der Waals surface area (Å²) in [6, 6.07) is 20.7. The third kappa shape index (κ3) is 5.67. The fourth-order valence-corrected chi connectivity index (χ4v) is 4.04. The zero-order valence-electron chi connectivity index (χ0n) is 21.9. The lowest BCUT2D eigenvalue weighted by Gasteiger charge is -2.20. The molecule has 4 aromatic carbocycles. The van der Waals surface area contributed by atoms with Crippen molar-refractivity contribution >= 4 is 39.6 Å². The highest BCUT2D eigenvalue weighted by Crippen LogP contribution is 2.45. The molecular formula is C32H32O5. The lowest BCUT2D eigenvalue weighted by Crippen LogP contribution is -2.25. The molecule has 1 atom stereocenters. The van der Waals surface area contributed by atoms with Crippen LogP contribution in [0, 0.1) is 5.41 Å². The van der Waals surface area contributed by atoms with Gasteiger partial charge in [0.1, 0.15) is 11.5 Å². The van der Waals surface area contributed by atoms with Crippen molar-refractivity contribution in [1.82, 2.24) is 0 Å². The first-order chi connectivity index (χ1) is 17.6. The van der Waals surface area contributed by atoms with Crippen LogP contribution >= 0.6 is 0 Å². The highest BCUT2D eigenvalue weighted by atomic mass is 16.5. The smallest absolute Gasteiger partial charge is 0.331 e. The Morgan fingerprint density at radius 2 is 1.62 bits per heavy atom. The minimum Gasteiger partial charge on any atom is -0.507 e. The van der Waals surface area contributed by atoms with Gasteiger partial charge in [-0.2, -0.15) is 0 Å². The van der Waals surface area contributed by atoms with E-state index < -0.39 is 5.41 Å². The molecule has 0 aromatic heterocycles. The molecule has 4 rings (SSSR count). The van der Waals surface area contributed by atoms with Crippen molar-refractivity contribution in [3.05, 3.63) is 78.4 Å². The molecule has 1 N–H and O–H groups in total. The van der Waals surface area contributed by atoms with Crippen LogP contribution in [0.4, 0.5) is 0 Å².